The van der Waals surface area contributed by atoms with Crippen molar-refractivity contribution in [2.24, 2.45) is 0 Å². The summed E-state index contributed by atoms with van der Waals surface area (Å²) >= 11 is 0. The smallest absolute Gasteiger partial charge is 0.229 e. The molecular formula is C15H21NO5. The zero-order valence-corrected chi connectivity index (χ0v) is 11.8. The first-order valence-corrected chi connectivity index (χ1v) is 6.78. The Balaban J connectivity index is 2.02. The minimum Gasteiger partial charge on any atom is -0.462 e. The second-order valence-electron chi connectivity index (χ2n) is 4.96. The lowest BCUT2D eigenvalue weighted by Gasteiger charge is -2.38. The zero-order chi connectivity index (χ0) is 15.4. The largest absolute Gasteiger partial charge is 0.462 e. The van der Waals surface area contributed by atoms with Crippen molar-refractivity contribution in [2.75, 3.05) is 0 Å². The lowest BCUT2D eigenvalue weighted by molar-refractivity contribution is -0.520. The summed E-state index contributed by atoms with van der Waals surface area (Å²) in [5, 5.41) is 30.9. The summed E-state index contributed by atoms with van der Waals surface area (Å²) in [6.45, 7) is 1.61. The van der Waals surface area contributed by atoms with E-state index in [-0.39, 0.29) is 0 Å². The molecule has 2 rings (SSSR count). The number of benzene rings is 1. The van der Waals surface area contributed by atoms with Crippen molar-refractivity contribution >= 4 is 6.08 Å². The molecule has 0 bridgehead atoms. The molecule has 0 aromatic heterocycles. The van der Waals surface area contributed by atoms with E-state index in [0.29, 0.717) is 5.75 Å². The maximum absolute atomic E-state index is 9.88. The summed E-state index contributed by atoms with van der Waals surface area (Å²) in [5.41, 5.74) is 0.983. The number of nitrogens with two attached hydrogens (primary N) is 1. The highest BCUT2D eigenvalue weighted by Crippen LogP contribution is 2.24. The first-order valence-electron chi connectivity index (χ1n) is 6.78. The summed E-state index contributed by atoms with van der Waals surface area (Å²) in [6, 6.07) is 7.17. The maximum atomic E-state index is 9.88. The van der Waals surface area contributed by atoms with E-state index in [0.717, 1.165) is 5.56 Å². The average molecular weight is 295 g/mol. The van der Waals surface area contributed by atoms with Crippen molar-refractivity contribution < 1.29 is 30.1 Å². The van der Waals surface area contributed by atoms with Gasteiger partial charge in [0.15, 0.2) is 0 Å². The summed E-state index contributed by atoms with van der Waals surface area (Å²) in [5.74, 6) is 0.505. The van der Waals surface area contributed by atoms with Gasteiger partial charge in [0, 0.05) is 0 Å². The van der Waals surface area contributed by atoms with Crippen molar-refractivity contribution in [2.45, 2.75) is 37.6 Å². The van der Waals surface area contributed by atoms with Crippen LogP contribution in [0.3, 0.4) is 0 Å². The Hall–Kier alpha value is -1.44. The molecule has 0 aliphatic carbocycles. The van der Waals surface area contributed by atoms with Crippen LogP contribution >= 0.6 is 0 Å². The number of hydrogen-bond donors (Lipinski definition) is 4. The molecule has 1 aromatic carbocycles. The topological polar surface area (TPSA) is 95.8 Å². The Labute approximate surface area is 123 Å². The van der Waals surface area contributed by atoms with Gasteiger partial charge in [-0.15, -0.1) is 7.05 Å². The first kappa shape index (κ1) is 15.9. The average Bonchev–Trinajstić information content (AvgIpc) is 2.50. The molecule has 6 nitrogen and oxygen atoms in total. The Morgan fingerprint density at radius 1 is 1.14 bits per heavy atom. The van der Waals surface area contributed by atoms with Crippen LogP contribution in [0, 0.1) is 7.05 Å². The van der Waals surface area contributed by atoms with Gasteiger partial charge in [0.05, 0.1) is 12.3 Å². The Bertz CT molecular complexity index is 475. The van der Waals surface area contributed by atoms with Gasteiger partial charge in [-0.3, -0.25) is 0 Å². The fraction of sp³-hybridized carbons (Fsp3) is 0.400. The molecule has 0 saturated carbocycles. The monoisotopic (exact) mass is 295 g/mol. The molecule has 1 aromatic rings. The summed E-state index contributed by atoms with van der Waals surface area (Å²) in [7, 11) is 3.60. The molecule has 21 heavy (non-hydrogen) atoms. The van der Waals surface area contributed by atoms with Crippen LogP contribution in [-0.4, -0.2) is 46.0 Å². The van der Waals surface area contributed by atoms with Crippen LogP contribution in [0.2, 0.25) is 0 Å². The summed E-state index contributed by atoms with van der Waals surface area (Å²) in [6.07, 6.45) is -1.67. The Morgan fingerprint density at radius 3 is 2.43 bits per heavy atom. The van der Waals surface area contributed by atoms with Gasteiger partial charge in [-0.25, -0.2) is 0 Å². The maximum Gasteiger partial charge on any atom is 0.229 e. The normalized spacial score (nSPS) is 33.3. The summed E-state index contributed by atoms with van der Waals surface area (Å²) in [4.78, 5) is 0. The highest BCUT2D eigenvalue weighted by Gasteiger charge is 2.43. The third kappa shape index (κ3) is 3.81. The number of aliphatic hydroxyl groups is 3. The van der Waals surface area contributed by atoms with Crippen LogP contribution in [0.25, 0.3) is 6.08 Å². The van der Waals surface area contributed by atoms with Gasteiger partial charge in [-0.1, -0.05) is 12.1 Å². The van der Waals surface area contributed by atoms with Gasteiger partial charge in [0.1, 0.15) is 24.1 Å². The SMILES string of the molecule is [CH2-][NH2+]C=Cc1ccc(OC2OC(C)C(O)C(O)C2O)cc1. The van der Waals surface area contributed by atoms with Crippen LogP contribution in [0.15, 0.2) is 30.5 Å². The van der Waals surface area contributed by atoms with E-state index in [9.17, 15) is 15.3 Å². The van der Waals surface area contributed by atoms with Gasteiger partial charge in [-0.05, 0) is 30.7 Å². The van der Waals surface area contributed by atoms with Crippen LogP contribution in [0.1, 0.15) is 12.5 Å². The van der Waals surface area contributed by atoms with E-state index >= 15 is 0 Å². The second kappa shape index (κ2) is 7.02. The van der Waals surface area contributed by atoms with Gasteiger partial charge in [0.25, 0.3) is 0 Å². The molecule has 5 N–H and O–H groups in total. The lowest BCUT2D eigenvalue weighted by Crippen LogP contribution is -2.69. The van der Waals surface area contributed by atoms with Crippen LogP contribution < -0.4 is 10.1 Å². The summed E-state index contributed by atoms with van der Waals surface area (Å²) < 4.78 is 10.9. The van der Waals surface area contributed by atoms with E-state index in [1.807, 2.05) is 24.4 Å². The van der Waals surface area contributed by atoms with Gasteiger partial charge < -0.3 is 30.1 Å². The van der Waals surface area contributed by atoms with Crippen LogP contribution in [0.4, 0.5) is 0 Å². The fourth-order valence-electron chi connectivity index (χ4n) is 2.08. The highest BCUT2D eigenvalue weighted by molar-refractivity contribution is 5.49. The van der Waals surface area contributed by atoms with E-state index in [2.05, 4.69) is 7.05 Å². The third-order valence-corrected chi connectivity index (χ3v) is 3.37. The highest BCUT2D eigenvalue weighted by atomic mass is 16.7. The Morgan fingerprint density at radius 2 is 1.81 bits per heavy atom. The molecular weight excluding hydrogens is 274 g/mol. The molecule has 6 heteroatoms. The molecule has 0 radical (unpaired) electrons. The van der Waals surface area contributed by atoms with Crippen LogP contribution in [-0.2, 0) is 4.74 Å². The number of rotatable bonds is 4. The van der Waals surface area contributed by atoms with Crippen LogP contribution in [0.5, 0.6) is 5.75 Å². The predicted octanol–water partition coefficient (Wildman–Crippen LogP) is -0.781. The van der Waals surface area contributed by atoms with Gasteiger partial charge in [0.2, 0.25) is 6.29 Å². The van der Waals surface area contributed by atoms with Gasteiger partial charge >= 0.3 is 0 Å². The fourth-order valence-corrected chi connectivity index (χ4v) is 2.08. The molecule has 5 unspecified atom stereocenters. The molecule has 1 aliphatic rings. The molecule has 1 aliphatic heterocycles. The second-order valence-corrected chi connectivity index (χ2v) is 4.96. The lowest BCUT2D eigenvalue weighted by atomic mass is 10.00. The van der Waals surface area contributed by atoms with E-state index in [4.69, 9.17) is 9.47 Å². The van der Waals surface area contributed by atoms with E-state index in [1.54, 1.807) is 24.4 Å². The molecule has 5 atom stereocenters. The van der Waals surface area contributed by atoms with Crippen molar-refractivity contribution in [3.8, 4) is 5.75 Å². The molecule has 1 saturated heterocycles. The number of quaternary nitrogens is 1. The van der Waals surface area contributed by atoms with Gasteiger partial charge in [-0.2, -0.15) is 0 Å². The molecule has 1 fully saturated rings. The molecule has 0 amide bonds. The number of hydrogen-bond acceptors (Lipinski definition) is 5. The number of aliphatic hydroxyl groups excluding tert-OH is 3. The Kier molecular flexibility index (Phi) is 5.33. The molecule has 0 spiro atoms. The third-order valence-electron chi connectivity index (χ3n) is 3.37. The molecule has 1 heterocycles. The minimum absolute atomic E-state index is 0.505. The van der Waals surface area contributed by atoms with E-state index in [1.165, 1.54) is 0 Å². The predicted molar refractivity (Wildman–Crippen MR) is 75.7 cm³/mol. The van der Waals surface area contributed by atoms with Crippen molar-refractivity contribution in [3.63, 3.8) is 0 Å². The van der Waals surface area contributed by atoms with E-state index < -0.39 is 30.7 Å². The number of ether oxygens (including phenoxy) is 2. The minimum atomic E-state index is -1.31. The van der Waals surface area contributed by atoms with Crippen molar-refractivity contribution in [1.29, 1.82) is 0 Å². The quantitative estimate of drug-likeness (QED) is 0.547. The first-order chi connectivity index (χ1) is 10.0. The zero-order valence-electron chi connectivity index (χ0n) is 11.8. The standard InChI is InChI=1S/C15H21NO5/c1-9-12(17)13(18)14(19)15(20-9)21-11-5-3-10(4-6-11)7-8-16-2/h3-9,12-15,17-19H,2,16H2,1H3. The van der Waals surface area contributed by atoms with Crippen molar-refractivity contribution in [1.82, 2.24) is 0 Å². The van der Waals surface area contributed by atoms with Crippen molar-refractivity contribution in [3.05, 3.63) is 43.1 Å². The molecule has 116 valence electrons.